The summed E-state index contributed by atoms with van der Waals surface area (Å²) in [6.45, 7) is 0.470. The number of nitrogens with zero attached hydrogens (tertiary/aromatic N) is 2. The summed E-state index contributed by atoms with van der Waals surface area (Å²) in [5.74, 6) is 0.711. The molecule has 0 spiro atoms. The highest BCUT2D eigenvalue weighted by atomic mass is 32.1. The number of benzene rings is 1. The summed E-state index contributed by atoms with van der Waals surface area (Å²) in [4.78, 5) is 19.4. The molecule has 3 rings (SSSR count). The second-order valence-corrected chi connectivity index (χ2v) is 6.63. The molecule has 0 bridgehead atoms. The van der Waals surface area contributed by atoms with E-state index in [2.05, 4.69) is 10.3 Å². The topological polar surface area (TPSA) is 58.4 Å². The quantitative estimate of drug-likeness (QED) is 0.746. The van der Waals surface area contributed by atoms with Crippen molar-refractivity contribution < 1.29 is 9.21 Å². The highest BCUT2D eigenvalue weighted by molar-refractivity contribution is 7.16. The van der Waals surface area contributed by atoms with Gasteiger partial charge in [0.25, 0.3) is 5.91 Å². The Bertz CT molecular complexity index is 782. The molecule has 0 saturated carbocycles. The van der Waals surface area contributed by atoms with E-state index in [1.807, 2.05) is 61.5 Å². The number of thiazole rings is 1. The normalized spacial score (nSPS) is 12.3. The fourth-order valence-electron chi connectivity index (χ4n) is 2.39. The third-order valence-corrected chi connectivity index (χ3v) is 4.75. The number of nitrogens with one attached hydrogen (secondary N) is 1. The van der Waals surface area contributed by atoms with Gasteiger partial charge in [0.1, 0.15) is 15.6 Å². The van der Waals surface area contributed by atoms with E-state index in [0.29, 0.717) is 11.4 Å². The SMILES string of the molecule is CN(C)[C@H](CNC(=O)c1cnc(-c2ccccc2)s1)c1ccco1. The van der Waals surface area contributed by atoms with Crippen molar-refractivity contribution in [2.45, 2.75) is 6.04 Å². The van der Waals surface area contributed by atoms with Crippen molar-refractivity contribution in [1.82, 2.24) is 15.2 Å². The molecule has 2 heterocycles. The molecule has 0 fully saturated rings. The maximum atomic E-state index is 12.4. The van der Waals surface area contributed by atoms with Crippen LogP contribution in [0.15, 0.2) is 59.3 Å². The Hall–Kier alpha value is -2.44. The van der Waals surface area contributed by atoms with E-state index in [4.69, 9.17) is 4.42 Å². The van der Waals surface area contributed by atoms with Crippen molar-refractivity contribution in [2.75, 3.05) is 20.6 Å². The van der Waals surface area contributed by atoms with Crippen molar-refractivity contribution >= 4 is 17.2 Å². The van der Waals surface area contributed by atoms with Crippen LogP contribution in [0.3, 0.4) is 0 Å². The number of aromatic nitrogens is 1. The van der Waals surface area contributed by atoms with Gasteiger partial charge in [-0.2, -0.15) is 0 Å². The Morgan fingerprint density at radius 2 is 2.04 bits per heavy atom. The summed E-state index contributed by atoms with van der Waals surface area (Å²) in [6, 6.07) is 13.6. The molecular formula is C18H19N3O2S. The largest absolute Gasteiger partial charge is 0.468 e. The summed E-state index contributed by atoms with van der Waals surface area (Å²) < 4.78 is 5.45. The predicted octanol–water partition coefficient (Wildman–Crippen LogP) is 3.44. The van der Waals surface area contributed by atoms with Gasteiger partial charge in [-0.15, -0.1) is 11.3 Å². The van der Waals surface area contributed by atoms with Crippen molar-refractivity contribution in [1.29, 1.82) is 0 Å². The molecule has 0 unspecified atom stereocenters. The van der Waals surface area contributed by atoms with E-state index in [1.165, 1.54) is 11.3 Å². The van der Waals surface area contributed by atoms with Crippen LogP contribution in [0.1, 0.15) is 21.5 Å². The number of carbonyl (C=O) groups is 1. The van der Waals surface area contributed by atoms with Gasteiger partial charge in [-0.05, 0) is 26.2 Å². The summed E-state index contributed by atoms with van der Waals surface area (Å²) in [6.07, 6.45) is 3.27. The molecule has 0 saturated heterocycles. The second-order valence-electron chi connectivity index (χ2n) is 5.60. The fraction of sp³-hybridized carbons (Fsp3) is 0.222. The molecule has 6 heteroatoms. The molecule has 0 radical (unpaired) electrons. The summed E-state index contributed by atoms with van der Waals surface area (Å²) in [7, 11) is 3.92. The van der Waals surface area contributed by atoms with E-state index in [-0.39, 0.29) is 11.9 Å². The molecule has 1 N–H and O–H groups in total. The van der Waals surface area contributed by atoms with Crippen LogP contribution in [-0.2, 0) is 0 Å². The first-order valence-electron chi connectivity index (χ1n) is 7.64. The first kappa shape index (κ1) is 16.4. The van der Waals surface area contributed by atoms with Crippen LogP contribution < -0.4 is 5.32 Å². The third kappa shape index (κ3) is 3.72. The van der Waals surface area contributed by atoms with Gasteiger partial charge in [0, 0.05) is 12.1 Å². The summed E-state index contributed by atoms with van der Waals surface area (Å²) >= 11 is 1.39. The van der Waals surface area contributed by atoms with Crippen LogP contribution in [0.25, 0.3) is 10.6 Å². The minimum Gasteiger partial charge on any atom is -0.468 e. The second kappa shape index (κ2) is 7.42. The number of rotatable bonds is 6. The number of carbonyl (C=O) groups excluding carboxylic acids is 1. The number of amides is 1. The Balaban J connectivity index is 1.66. The smallest absolute Gasteiger partial charge is 0.263 e. The number of likely N-dealkylation sites (N-methyl/N-ethyl adjacent to an activating group) is 1. The zero-order chi connectivity index (χ0) is 16.9. The van der Waals surface area contributed by atoms with Gasteiger partial charge in [0.05, 0.1) is 18.5 Å². The fourth-order valence-corrected chi connectivity index (χ4v) is 3.23. The van der Waals surface area contributed by atoms with Crippen LogP contribution >= 0.6 is 11.3 Å². The molecule has 1 aromatic carbocycles. The van der Waals surface area contributed by atoms with Gasteiger partial charge < -0.3 is 9.73 Å². The maximum absolute atomic E-state index is 12.4. The molecule has 1 atom stereocenters. The van der Waals surface area contributed by atoms with E-state index in [0.717, 1.165) is 16.3 Å². The first-order valence-corrected chi connectivity index (χ1v) is 8.46. The van der Waals surface area contributed by atoms with Gasteiger partial charge >= 0.3 is 0 Å². The molecule has 1 amide bonds. The van der Waals surface area contributed by atoms with Crippen molar-refractivity contribution in [3.05, 3.63) is 65.6 Å². The zero-order valence-electron chi connectivity index (χ0n) is 13.6. The van der Waals surface area contributed by atoms with Gasteiger partial charge in [0.2, 0.25) is 0 Å². The lowest BCUT2D eigenvalue weighted by molar-refractivity contribution is 0.0943. The number of hydrogen-bond donors (Lipinski definition) is 1. The molecule has 124 valence electrons. The Labute approximate surface area is 144 Å². The lowest BCUT2D eigenvalue weighted by Gasteiger charge is -2.22. The molecule has 0 aliphatic heterocycles. The van der Waals surface area contributed by atoms with Gasteiger partial charge in [-0.25, -0.2) is 4.98 Å². The molecule has 2 aromatic heterocycles. The van der Waals surface area contributed by atoms with Crippen LogP contribution in [0.4, 0.5) is 0 Å². The van der Waals surface area contributed by atoms with Crippen molar-refractivity contribution in [2.24, 2.45) is 0 Å². The monoisotopic (exact) mass is 341 g/mol. The van der Waals surface area contributed by atoms with Crippen molar-refractivity contribution in [3.63, 3.8) is 0 Å². The standard InChI is InChI=1S/C18H19N3O2S/c1-21(2)14(15-9-6-10-23-15)11-19-17(22)16-12-20-18(24-16)13-7-4-3-5-8-13/h3-10,12,14H,11H2,1-2H3,(H,19,22)/t14-/m1/s1. The van der Waals surface area contributed by atoms with E-state index in [9.17, 15) is 4.79 Å². The van der Waals surface area contributed by atoms with Gasteiger partial charge in [0.15, 0.2) is 0 Å². The van der Waals surface area contributed by atoms with E-state index < -0.39 is 0 Å². The lowest BCUT2D eigenvalue weighted by Crippen LogP contribution is -2.34. The maximum Gasteiger partial charge on any atom is 0.263 e. The highest BCUT2D eigenvalue weighted by Gasteiger charge is 2.19. The van der Waals surface area contributed by atoms with E-state index >= 15 is 0 Å². The van der Waals surface area contributed by atoms with E-state index in [1.54, 1.807) is 12.5 Å². The Morgan fingerprint density at radius 3 is 2.71 bits per heavy atom. The first-order chi connectivity index (χ1) is 11.6. The summed E-state index contributed by atoms with van der Waals surface area (Å²) in [5, 5.41) is 3.81. The highest BCUT2D eigenvalue weighted by Crippen LogP contribution is 2.25. The average molecular weight is 341 g/mol. The molecule has 3 aromatic rings. The Morgan fingerprint density at radius 1 is 1.25 bits per heavy atom. The molecule has 0 aliphatic carbocycles. The van der Waals surface area contributed by atoms with Crippen molar-refractivity contribution in [3.8, 4) is 10.6 Å². The molecule has 0 aliphatic rings. The predicted molar refractivity (Wildman–Crippen MR) is 95.0 cm³/mol. The lowest BCUT2D eigenvalue weighted by atomic mass is 10.2. The van der Waals surface area contributed by atoms with Gasteiger partial charge in [-0.1, -0.05) is 30.3 Å². The molecular weight excluding hydrogens is 322 g/mol. The van der Waals surface area contributed by atoms with Crippen LogP contribution in [0.2, 0.25) is 0 Å². The molecule has 5 nitrogen and oxygen atoms in total. The Kier molecular flexibility index (Phi) is 5.08. The van der Waals surface area contributed by atoms with Crippen LogP contribution in [0.5, 0.6) is 0 Å². The minimum atomic E-state index is -0.118. The zero-order valence-corrected chi connectivity index (χ0v) is 14.4. The molecule has 24 heavy (non-hydrogen) atoms. The minimum absolute atomic E-state index is 0.00883. The van der Waals surface area contributed by atoms with Crippen LogP contribution in [0, 0.1) is 0 Å². The number of furan rings is 1. The van der Waals surface area contributed by atoms with Crippen LogP contribution in [-0.4, -0.2) is 36.4 Å². The number of hydrogen-bond acceptors (Lipinski definition) is 5. The summed E-state index contributed by atoms with van der Waals surface area (Å²) in [5.41, 5.74) is 1.02. The third-order valence-electron chi connectivity index (χ3n) is 3.70. The van der Waals surface area contributed by atoms with Gasteiger partial charge in [-0.3, -0.25) is 9.69 Å². The average Bonchev–Trinajstić information content (AvgIpc) is 3.27.